The van der Waals surface area contributed by atoms with Gasteiger partial charge >= 0.3 is 0 Å². The molecule has 0 atom stereocenters. The fourth-order valence-corrected chi connectivity index (χ4v) is 5.12. The van der Waals surface area contributed by atoms with E-state index in [4.69, 9.17) is 9.90 Å². The van der Waals surface area contributed by atoms with Crippen LogP contribution in [0.25, 0.3) is 0 Å². The summed E-state index contributed by atoms with van der Waals surface area (Å²) >= 11 is 0. The first kappa shape index (κ1) is 19.6. The number of aliphatic carboxylic acids is 1. The number of carboxylic acid groups (broad SMARTS) is 1. The van der Waals surface area contributed by atoms with Crippen molar-refractivity contribution in [2.45, 2.75) is 13.3 Å². The van der Waals surface area contributed by atoms with E-state index in [-0.39, 0.29) is 0 Å². The van der Waals surface area contributed by atoms with Crippen LogP contribution >= 0.6 is 7.92 Å². The molecule has 0 radical (unpaired) electrons. The highest BCUT2D eigenvalue weighted by atomic mass is 31.1. The number of benzene rings is 3. The molecule has 0 aliphatic heterocycles. The van der Waals surface area contributed by atoms with E-state index < -0.39 is 13.9 Å². The Morgan fingerprint density at radius 3 is 1.77 bits per heavy atom. The van der Waals surface area contributed by atoms with Gasteiger partial charge in [-0.25, -0.2) is 0 Å². The number of rotatable bonds is 5. The van der Waals surface area contributed by atoms with Crippen molar-refractivity contribution in [1.29, 1.82) is 0 Å². The predicted octanol–water partition coefficient (Wildman–Crippen LogP) is 4.26. The van der Waals surface area contributed by atoms with Crippen LogP contribution in [-0.2, 0) is 11.2 Å². The van der Waals surface area contributed by atoms with Gasteiger partial charge in [0.1, 0.15) is 0 Å². The van der Waals surface area contributed by atoms with Crippen LogP contribution in [-0.4, -0.2) is 11.1 Å². The fraction of sp³-hybridized carbons (Fsp3) is 0.0870. The third-order valence-electron chi connectivity index (χ3n) is 3.63. The quantitative estimate of drug-likeness (QED) is 0.544. The van der Waals surface area contributed by atoms with E-state index in [0.717, 1.165) is 13.3 Å². The van der Waals surface area contributed by atoms with Crippen LogP contribution in [0.1, 0.15) is 12.5 Å². The Morgan fingerprint density at radius 2 is 1.31 bits per heavy atom. The van der Waals surface area contributed by atoms with E-state index in [1.807, 2.05) is 6.08 Å². The van der Waals surface area contributed by atoms with Gasteiger partial charge < -0.3 is 5.11 Å². The average Bonchev–Trinajstić information content (AvgIpc) is 2.65. The maximum absolute atomic E-state index is 9.00. The predicted molar refractivity (Wildman–Crippen MR) is 112 cm³/mol. The first-order valence-electron chi connectivity index (χ1n) is 8.42. The average molecular weight is 362 g/mol. The van der Waals surface area contributed by atoms with Crippen LogP contribution in [0.3, 0.4) is 0 Å². The molecule has 0 fully saturated rings. The molecular formula is C23H23O2P. The summed E-state index contributed by atoms with van der Waals surface area (Å²) in [5.41, 5.74) is 1.37. The Balaban J connectivity index is 0.000000552. The first-order chi connectivity index (χ1) is 12.6. The van der Waals surface area contributed by atoms with Gasteiger partial charge in [0.25, 0.3) is 5.97 Å². The summed E-state index contributed by atoms with van der Waals surface area (Å²) in [6.45, 7) is 4.99. The van der Waals surface area contributed by atoms with Crippen molar-refractivity contribution in [2.75, 3.05) is 0 Å². The Kier molecular flexibility index (Phi) is 7.79. The van der Waals surface area contributed by atoms with Gasteiger partial charge in [-0.3, -0.25) is 4.79 Å². The molecule has 1 N–H and O–H groups in total. The molecule has 3 aromatic rings. The van der Waals surface area contributed by atoms with Crippen molar-refractivity contribution in [1.82, 2.24) is 0 Å². The SMILES string of the molecule is C=CCc1ccccc1P(c1ccccc1)c1ccccc1.CC(=O)O. The van der Waals surface area contributed by atoms with E-state index in [1.165, 1.54) is 21.5 Å². The fourth-order valence-electron chi connectivity index (χ4n) is 2.64. The third-order valence-corrected chi connectivity index (χ3v) is 6.17. The molecule has 3 heteroatoms. The summed E-state index contributed by atoms with van der Waals surface area (Å²) in [5, 5.41) is 11.6. The molecule has 0 amide bonds. The second kappa shape index (κ2) is 10.3. The van der Waals surface area contributed by atoms with Crippen LogP contribution < -0.4 is 15.9 Å². The molecule has 0 bridgehead atoms. The molecule has 0 unspecified atom stereocenters. The maximum Gasteiger partial charge on any atom is 0.300 e. The minimum Gasteiger partial charge on any atom is -0.481 e. The third kappa shape index (κ3) is 5.68. The number of carbonyl (C=O) groups is 1. The van der Waals surface area contributed by atoms with E-state index in [9.17, 15) is 0 Å². The second-order valence-electron chi connectivity index (χ2n) is 5.65. The van der Waals surface area contributed by atoms with Crippen LogP contribution in [0.4, 0.5) is 0 Å². The van der Waals surface area contributed by atoms with Gasteiger partial charge in [-0.1, -0.05) is 91.0 Å². The van der Waals surface area contributed by atoms with Crippen LogP contribution in [0.15, 0.2) is 97.6 Å². The topological polar surface area (TPSA) is 37.3 Å². The zero-order chi connectivity index (χ0) is 18.8. The van der Waals surface area contributed by atoms with Gasteiger partial charge in [-0.05, 0) is 35.8 Å². The van der Waals surface area contributed by atoms with Crippen LogP contribution in [0.2, 0.25) is 0 Å². The number of allylic oxidation sites excluding steroid dienone is 1. The molecule has 0 aliphatic rings. The van der Waals surface area contributed by atoms with Gasteiger partial charge in [0.15, 0.2) is 0 Å². The zero-order valence-corrected chi connectivity index (χ0v) is 15.8. The molecule has 0 spiro atoms. The lowest BCUT2D eigenvalue weighted by Gasteiger charge is -2.21. The Morgan fingerprint density at radius 1 is 0.885 bits per heavy atom. The smallest absolute Gasteiger partial charge is 0.300 e. The lowest BCUT2D eigenvalue weighted by atomic mass is 10.1. The highest BCUT2D eigenvalue weighted by Gasteiger charge is 2.18. The summed E-state index contributed by atoms with van der Waals surface area (Å²) in [6.07, 6.45) is 2.90. The van der Waals surface area contributed by atoms with Crippen molar-refractivity contribution in [2.24, 2.45) is 0 Å². The Labute approximate surface area is 156 Å². The molecule has 132 valence electrons. The van der Waals surface area contributed by atoms with E-state index >= 15 is 0 Å². The van der Waals surface area contributed by atoms with Crippen molar-refractivity contribution in [3.63, 3.8) is 0 Å². The molecule has 0 aliphatic carbocycles. The first-order valence-corrected chi connectivity index (χ1v) is 9.76. The monoisotopic (exact) mass is 362 g/mol. The summed E-state index contributed by atoms with van der Waals surface area (Å²) in [5.74, 6) is -0.833. The van der Waals surface area contributed by atoms with E-state index in [2.05, 4.69) is 91.5 Å². The maximum atomic E-state index is 9.00. The van der Waals surface area contributed by atoms with E-state index in [0.29, 0.717) is 0 Å². The molecule has 26 heavy (non-hydrogen) atoms. The summed E-state index contributed by atoms with van der Waals surface area (Å²) in [6, 6.07) is 30.4. The van der Waals surface area contributed by atoms with Crippen molar-refractivity contribution >= 4 is 29.8 Å². The lowest BCUT2D eigenvalue weighted by Crippen LogP contribution is -2.23. The van der Waals surface area contributed by atoms with Crippen molar-refractivity contribution in [3.8, 4) is 0 Å². The molecule has 0 aromatic heterocycles. The minimum atomic E-state index is -0.833. The second-order valence-corrected chi connectivity index (χ2v) is 7.83. The van der Waals surface area contributed by atoms with Gasteiger partial charge in [0, 0.05) is 6.92 Å². The zero-order valence-electron chi connectivity index (χ0n) is 14.9. The molecule has 2 nitrogen and oxygen atoms in total. The van der Waals surface area contributed by atoms with Gasteiger partial charge in [0.2, 0.25) is 0 Å². The molecule has 3 rings (SSSR count). The highest BCUT2D eigenvalue weighted by molar-refractivity contribution is 7.79. The summed E-state index contributed by atoms with van der Waals surface area (Å²) in [7, 11) is -0.526. The van der Waals surface area contributed by atoms with E-state index in [1.54, 1.807) is 0 Å². The molecule has 0 saturated heterocycles. The Hall–Kier alpha value is -2.70. The van der Waals surface area contributed by atoms with Gasteiger partial charge in [-0.15, -0.1) is 6.58 Å². The van der Waals surface area contributed by atoms with Crippen molar-refractivity contribution < 1.29 is 9.90 Å². The van der Waals surface area contributed by atoms with Crippen molar-refractivity contribution in [3.05, 3.63) is 103 Å². The lowest BCUT2D eigenvalue weighted by molar-refractivity contribution is -0.134. The highest BCUT2D eigenvalue weighted by Crippen LogP contribution is 2.34. The normalized spacial score (nSPS) is 9.92. The molecule has 0 saturated carbocycles. The number of hydrogen-bond acceptors (Lipinski definition) is 1. The van der Waals surface area contributed by atoms with Crippen LogP contribution in [0.5, 0.6) is 0 Å². The largest absolute Gasteiger partial charge is 0.481 e. The summed E-state index contributed by atoms with van der Waals surface area (Å²) in [4.78, 5) is 9.00. The molecular weight excluding hydrogens is 339 g/mol. The molecule has 0 heterocycles. The number of hydrogen-bond donors (Lipinski definition) is 1. The number of carboxylic acids is 1. The Bertz CT molecular complexity index is 786. The molecule has 3 aromatic carbocycles. The standard InChI is InChI=1S/C21H19P.C2H4O2/c1-2-11-18-12-9-10-17-21(18)22(19-13-5-3-6-14-19)20-15-7-4-8-16-20;1-2(3)4/h2-10,12-17H,1,11H2;1H3,(H,3,4). The summed E-state index contributed by atoms with van der Waals surface area (Å²) < 4.78 is 0. The van der Waals surface area contributed by atoms with Gasteiger partial charge in [0.05, 0.1) is 0 Å². The minimum absolute atomic E-state index is 0.526. The van der Waals surface area contributed by atoms with Gasteiger partial charge in [-0.2, -0.15) is 0 Å². The van der Waals surface area contributed by atoms with Crippen LogP contribution in [0, 0.1) is 0 Å².